The molecule has 4 aromatic carbocycles. The molecule has 0 aliphatic carbocycles. The van der Waals surface area contributed by atoms with Crippen LogP contribution in [0.1, 0.15) is 39.5 Å². The summed E-state index contributed by atoms with van der Waals surface area (Å²) in [7, 11) is -3.96. The van der Waals surface area contributed by atoms with Gasteiger partial charge >= 0.3 is 10.1 Å². The van der Waals surface area contributed by atoms with E-state index >= 15 is 0 Å². The van der Waals surface area contributed by atoms with Crippen molar-refractivity contribution in [1.29, 1.82) is 0 Å². The van der Waals surface area contributed by atoms with Crippen molar-refractivity contribution >= 4 is 54.8 Å². The van der Waals surface area contributed by atoms with Gasteiger partial charge in [-0.2, -0.15) is 8.42 Å². The SMILES string of the molecule is CCOS(=O)(=O)c1ccc(C)cc1OCc1cc(Br)ccc1Nc1ccc(C(=O)c2ccccc2C)c(Cl)c1. The van der Waals surface area contributed by atoms with E-state index in [0.717, 1.165) is 26.9 Å². The van der Waals surface area contributed by atoms with Crippen LogP contribution in [0.5, 0.6) is 5.75 Å². The van der Waals surface area contributed by atoms with Gasteiger partial charge in [-0.15, -0.1) is 0 Å². The van der Waals surface area contributed by atoms with E-state index < -0.39 is 10.1 Å². The van der Waals surface area contributed by atoms with Gasteiger partial charge in [0.05, 0.1) is 11.6 Å². The van der Waals surface area contributed by atoms with Gasteiger partial charge in [0.2, 0.25) is 0 Å². The highest BCUT2D eigenvalue weighted by atomic mass is 79.9. The number of ether oxygens (including phenoxy) is 1. The number of aryl methyl sites for hydroxylation is 2. The molecule has 6 nitrogen and oxygen atoms in total. The average molecular weight is 629 g/mol. The van der Waals surface area contributed by atoms with Gasteiger partial charge in [-0.3, -0.25) is 8.98 Å². The van der Waals surface area contributed by atoms with Crippen molar-refractivity contribution in [3.63, 3.8) is 0 Å². The summed E-state index contributed by atoms with van der Waals surface area (Å²) in [6.45, 7) is 5.46. The highest BCUT2D eigenvalue weighted by Gasteiger charge is 2.21. The third kappa shape index (κ3) is 6.89. The van der Waals surface area contributed by atoms with Gasteiger partial charge in [-0.25, -0.2) is 0 Å². The van der Waals surface area contributed by atoms with Crippen molar-refractivity contribution in [2.45, 2.75) is 32.3 Å². The molecule has 4 aromatic rings. The predicted molar refractivity (Wildman–Crippen MR) is 158 cm³/mol. The van der Waals surface area contributed by atoms with E-state index in [-0.39, 0.29) is 29.6 Å². The molecule has 0 saturated heterocycles. The maximum absolute atomic E-state index is 13.1. The minimum Gasteiger partial charge on any atom is -0.487 e. The molecule has 4 rings (SSSR count). The Hall–Kier alpha value is -3.17. The molecule has 0 aromatic heterocycles. The van der Waals surface area contributed by atoms with Crippen LogP contribution >= 0.6 is 27.5 Å². The number of ketones is 1. The molecule has 0 unspecified atom stereocenters. The van der Waals surface area contributed by atoms with Crippen molar-refractivity contribution in [3.05, 3.63) is 116 Å². The van der Waals surface area contributed by atoms with E-state index in [4.69, 9.17) is 20.5 Å². The first-order valence-electron chi connectivity index (χ1n) is 12.2. The van der Waals surface area contributed by atoms with Crippen LogP contribution in [0, 0.1) is 13.8 Å². The van der Waals surface area contributed by atoms with E-state index in [0.29, 0.717) is 21.8 Å². The standard InChI is InChI=1S/C30H27BrClNO5S/c1-4-38-39(35,36)29-14-9-19(2)15-28(29)37-18-21-16-22(31)10-13-27(21)33-23-11-12-25(26(32)17-23)30(34)24-8-6-5-7-20(24)3/h5-17,33H,4,18H2,1-3H3. The molecule has 9 heteroatoms. The maximum atomic E-state index is 13.1. The molecule has 0 spiro atoms. The van der Waals surface area contributed by atoms with Gasteiger partial charge in [0.15, 0.2) is 5.78 Å². The lowest BCUT2D eigenvalue weighted by molar-refractivity contribution is 0.103. The van der Waals surface area contributed by atoms with E-state index in [9.17, 15) is 13.2 Å². The molecular formula is C30H27BrClNO5S. The Bertz CT molecular complexity index is 1640. The minimum atomic E-state index is -3.96. The number of hydrogen-bond acceptors (Lipinski definition) is 6. The predicted octanol–water partition coefficient (Wildman–Crippen LogP) is 8.00. The van der Waals surface area contributed by atoms with Gasteiger partial charge in [0.25, 0.3) is 0 Å². The molecule has 0 saturated carbocycles. The second-order valence-corrected chi connectivity index (χ2v) is 11.8. The fourth-order valence-corrected chi connectivity index (χ4v) is 5.73. The molecular weight excluding hydrogens is 602 g/mol. The Morgan fingerprint density at radius 3 is 2.44 bits per heavy atom. The molecule has 0 fully saturated rings. The monoisotopic (exact) mass is 627 g/mol. The number of rotatable bonds is 10. The Kier molecular flexibility index (Phi) is 9.12. The van der Waals surface area contributed by atoms with E-state index in [2.05, 4.69) is 21.2 Å². The summed E-state index contributed by atoms with van der Waals surface area (Å²) in [4.78, 5) is 13.0. The van der Waals surface area contributed by atoms with Crippen LogP contribution in [0.3, 0.4) is 0 Å². The maximum Gasteiger partial charge on any atom is 0.300 e. The van der Waals surface area contributed by atoms with Crippen LogP contribution in [0.2, 0.25) is 5.02 Å². The van der Waals surface area contributed by atoms with Crippen LogP contribution in [0.4, 0.5) is 11.4 Å². The molecule has 0 atom stereocenters. The van der Waals surface area contributed by atoms with Crippen LogP contribution in [0.25, 0.3) is 0 Å². The van der Waals surface area contributed by atoms with Crippen LogP contribution < -0.4 is 10.1 Å². The Labute approximate surface area is 242 Å². The Morgan fingerprint density at radius 1 is 0.949 bits per heavy atom. The smallest absolute Gasteiger partial charge is 0.300 e. The third-order valence-corrected chi connectivity index (χ3v) is 8.20. The number of carbonyl (C=O) groups is 1. The molecule has 39 heavy (non-hydrogen) atoms. The first-order chi connectivity index (χ1) is 18.6. The lowest BCUT2D eigenvalue weighted by Gasteiger charge is -2.16. The molecule has 0 amide bonds. The largest absolute Gasteiger partial charge is 0.487 e. The van der Waals surface area contributed by atoms with Crippen LogP contribution in [-0.2, 0) is 20.9 Å². The van der Waals surface area contributed by atoms with Crippen LogP contribution in [0.15, 0.2) is 88.2 Å². The molecule has 0 heterocycles. The van der Waals surface area contributed by atoms with Crippen molar-refractivity contribution in [3.8, 4) is 5.75 Å². The fourth-order valence-electron chi connectivity index (χ4n) is 4.02. The highest BCUT2D eigenvalue weighted by molar-refractivity contribution is 9.10. The first-order valence-corrected chi connectivity index (χ1v) is 14.7. The zero-order valence-electron chi connectivity index (χ0n) is 21.6. The number of anilines is 2. The fraction of sp³-hybridized carbons (Fsp3) is 0.167. The summed E-state index contributed by atoms with van der Waals surface area (Å²) >= 11 is 10.0. The number of carbonyl (C=O) groups excluding carboxylic acids is 1. The topological polar surface area (TPSA) is 81.7 Å². The summed E-state index contributed by atoms with van der Waals surface area (Å²) in [6.07, 6.45) is 0. The zero-order valence-corrected chi connectivity index (χ0v) is 24.8. The summed E-state index contributed by atoms with van der Waals surface area (Å²) in [5, 5.41) is 3.66. The summed E-state index contributed by atoms with van der Waals surface area (Å²) in [5.41, 5.74) is 4.93. The van der Waals surface area contributed by atoms with E-state index in [1.165, 1.54) is 6.07 Å². The van der Waals surface area contributed by atoms with Gasteiger partial charge < -0.3 is 10.1 Å². The van der Waals surface area contributed by atoms with Crippen molar-refractivity contribution in [1.82, 2.24) is 0 Å². The second-order valence-electron chi connectivity index (χ2n) is 8.86. The van der Waals surface area contributed by atoms with Crippen molar-refractivity contribution in [2.75, 3.05) is 11.9 Å². The molecule has 1 N–H and O–H groups in total. The van der Waals surface area contributed by atoms with Gasteiger partial charge in [-0.05, 0) is 80.4 Å². The number of benzene rings is 4. The van der Waals surface area contributed by atoms with E-state index in [1.54, 1.807) is 43.3 Å². The number of hydrogen-bond donors (Lipinski definition) is 1. The number of nitrogens with one attached hydrogen (secondary N) is 1. The summed E-state index contributed by atoms with van der Waals surface area (Å²) in [6, 6.07) is 23.1. The quantitative estimate of drug-likeness (QED) is 0.142. The van der Waals surface area contributed by atoms with Gasteiger partial charge in [0.1, 0.15) is 17.3 Å². The van der Waals surface area contributed by atoms with Crippen molar-refractivity contribution in [2.24, 2.45) is 0 Å². The zero-order chi connectivity index (χ0) is 28.2. The molecule has 202 valence electrons. The lowest BCUT2D eigenvalue weighted by Crippen LogP contribution is -2.09. The molecule has 0 aliphatic heterocycles. The van der Waals surface area contributed by atoms with Crippen LogP contribution in [-0.4, -0.2) is 20.8 Å². The summed E-state index contributed by atoms with van der Waals surface area (Å²) in [5.74, 6) is 0.0647. The number of halogens is 2. The minimum absolute atomic E-state index is 0.0211. The van der Waals surface area contributed by atoms with E-state index in [1.807, 2.05) is 50.2 Å². The lowest BCUT2D eigenvalue weighted by atomic mass is 9.99. The second kappa shape index (κ2) is 12.3. The Balaban J connectivity index is 1.58. The first kappa shape index (κ1) is 28.8. The summed E-state index contributed by atoms with van der Waals surface area (Å²) < 4.78 is 37.0. The molecule has 0 radical (unpaired) electrons. The third-order valence-electron chi connectivity index (χ3n) is 5.97. The molecule has 0 bridgehead atoms. The normalized spacial score (nSPS) is 11.3. The Morgan fingerprint density at radius 2 is 1.72 bits per heavy atom. The van der Waals surface area contributed by atoms with Gasteiger partial charge in [0, 0.05) is 32.5 Å². The molecule has 0 aliphatic rings. The highest BCUT2D eigenvalue weighted by Crippen LogP contribution is 2.32. The van der Waals surface area contributed by atoms with Crippen molar-refractivity contribution < 1.29 is 22.1 Å². The average Bonchev–Trinajstić information content (AvgIpc) is 2.88. The van der Waals surface area contributed by atoms with Gasteiger partial charge in [-0.1, -0.05) is 57.9 Å².